The second-order valence-electron chi connectivity index (χ2n) is 4.93. The van der Waals surface area contributed by atoms with Crippen LogP contribution in [0.2, 0.25) is 0 Å². The van der Waals surface area contributed by atoms with Crippen LogP contribution in [0.5, 0.6) is 5.75 Å². The molecule has 0 bridgehead atoms. The van der Waals surface area contributed by atoms with Gasteiger partial charge in [0, 0.05) is 6.61 Å². The first-order chi connectivity index (χ1) is 8.65. The van der Waals surface area contributed by atoms with Crippen LogP contribution in [0, 0.1) is 0 Å². The van der Waals surface area contributed by atoms with Crippen molar-refractivity contribution in [2.45, 2.75) is 18.9 Å². The number of nitrogens with zero attached hydrogens (tertiary/aromatic N) is 2. The van der Waals surface area contributed by atoms with E-state index < -0.39 is 0 Å². The molecular formula is C13H17N3O2. The molecule has 0 aliphatic carbocycles. The topological polar surface area (TPSA) is 62.3 Å². The van der Waals surface area contributed by atoms with Gasteiger partial charge in [0.2, 0.25) is 5.95 Å². The van der Waals surface area contributed by atoms with E-state index in [4.69, 9.17) is 15.2 Å². The average molecular weight is 247 g/mol. The molecule has 5 nitrogen and oxygen atoms in total. The van der Waals surface area contributed by atoms with Crippen LogP contribution in [0.4, 0.5) is 5.95 Å². The summed E-state index contributed by atoms with van der Waals surface area (Å²) in [5.74, 6) is 1.27. The summed E-state index contributed by atoms with van der Waals surface area (Å²) < 4.78 is 12.9. The highest BCUT2D eigenvalue weighted by Gasteiger charge is 2.34. The first kappa shape index (κ1) is 11.3. The van der Waals surface area contributed by atoms with Crippen molar-refractivity contribution in [3.8, 4) is 5.75 Å². The van der Waals surface area contributed by atoms with Crippen LogP contribution >= 0.6 is 0 Å². The van der Waals surface area contributed by atoms with E-state index in [0.29, 0.717) is 12.6 Å². The molecule has 2 heterocycles. The van der Waals surface area contributed by atoms with Gasteiger partial charge in [-0.25, -0.2) is 4.98 Å². The van der Waals surface area contributed by atoms with Crippen LogP contribution in [0.3, 0.4) is 0 Å². The fourth-order valence-electron chi connectivity index (χ4n) is 2.66. The van der Waals surface area contributed by atoms with Gasteiger partial charge in [0.05, 0.1) is 24.8 Å². The zero-order valence-electron chi connectivity index (χ0n) is 10.6. The predicted molar refractivity (Wildman–Crippen MR) is 69.8 cm³/mol. The predicted octanol–water partition coefficient (Wildman–Crippen LogP) is 1.76. The molecule has 96 valence electrons. The van der Waals surface area contributed by atoms with Crippen molar-refractivity contribution in [1.82, 2.24) is 9.55 Å². The van der Waals surface area contributed by atoms with E-state index in [9.17, 15) is 0 Å². The minimum absolute atomic E-state index is 0.120. The normalized spacial score (nSPS) is 23.7. The van der Waals surface area contributed by atoms with Gasteiger partial charge < -0.3 is 19.8 Å². The van der Waals surface area contributed by atoms with Gasteiger partial charge in [-0.15, -0.1) is 0 Å². The van der Waals surface area contributed by atoms with Crippen LogP contribution < -0.4 is 10.5 Å². The number of fused-ring (bicyclic) bond motifs is 1. The fraction of sp³-hybridized carbons (Fsp3) is 0.462. The minimum Gasteiger partial charge on any atom is -0.494 e. The summed E-state index contributed by atoms with van der Waals surface area (Å²) >= 11 is 0. The quantitative estimate of drug-likeness (QED) is 0.878. The molecule has 1 atom stereocenters. The first-order valence-corrected chi connectivity index (χ1v) is 6.05. The van der Waals surface area contributed by atoms with Gasteiger partial charge in [-0.05, 0) is 25.5 Å². The van der Waals surface area contributed by atoms with E-state index in [1.165, 1.54) is 0 Å². The Bertz CT molecular complexity index is 585. The Kier molecular flexibility index (Phi) is 2.45. The maximum absolute atomic E-state index is 6.08. The Morgan fingerprint density at radius 1 is 1.50 bits per heavy atom. The number of aromatic nitrogens is 2. The monoisotopic (exact) mass is 247 g/mol. The molecule has 1 aromatic heterocycles. The maximum atomic E-state index is 6.08. The first-order valence-electron chi connectivity index (χ1n) is 6.05. The van der Waals surface area contributed by atoms with Crippen LogP contribution in [0.25, 0.3) is 11.0 Å². The summed E-state index contributed by atoms with van der Waals surface area (Å²) in [5.41, 5.74) is 7.77. The zero-order valence-corrected chi connectivity index (χ0v) is 10.6. The van der Waals surface area contributed by atoms with Gasteiger partial charge in [-0.1, -0.05) is 6.07 Å². The molecule has 1 aliphatic heterocycles. The molecule has 2 N–H and O–H groups in total. The van der Waals surface area contributed by atoms with Crippen LogP contribution in [-0.4, -0.2) is 29.9 Å². The highest BCUT2D eigenvalue weighted by Crippen LogP contribution is 2.35. The molecule has 5 heteroatoms. The summed E-state index contributed by atoms with van der Waals surface area (Å²) in [6.07, 6.45) is 0.944. The van der Waals surface area contributed by atoms with Crippen molar-refractivity contribution in [2.24, 2.45) is 0 Å². The number of nitrogen functional groups attached to an aromatic ring is 1. The standard InChI is InChI=1S/C13H17N3O2/c1-13(6-7-18-8-13)16-9-4-3-5-10(17-2)11(9)15-12(16)14/h3-5H,6-8H2,1-2H3,(H2,14,15). The SMILES string of the molecule is COc1cccc2c1nc(N)n2C1(C)CCOC1. The lowest BCUT2D eigenvalue weighted by molar-refractivity contribution is 0.164. The van der Waals surface area contributed by atoms with Crippen LogP contribution in [0.1, 0.15) is 13.3 Å². The third-order valence-corrected chi connectivity index (χ3v) is 3.63. The van der Waals surface area contributed by atoms with E-state index in [1.807, 2.05) is 18.2 Å². The second-order valence-corrected chi connectivity index (χ2v) is 4.93. The Hall–Kier alpha value is -1.75. The Morgan fingerprint density at radius 3 is 3.00 bits per heavy atom. The van der Waals surface area contributed by atoms with Crippen LogP contribution in [0.15, 0.2) is 18.2 Å². The average Bonchev–Trinajstić information content (AvgIpc) is 2.92. The molecule has 18 heavy (non-hydrogen) atoms. The molecule has 3 rings (SSSR count). The third kappa shape index (κ3) is 1.47. The maximum Gasteiger partial charge on any atom is 0.201 e. The number of anilines is 1. The Morgan fingerprint density at radius 2 is 2.33 bits per heavy atom. The number of methoxy groups -OCH3 is 1. The molecular weight excluding hydrogens is 230 g/mol. The largest absolute Gasteiger partial charge is 0.494 e. The minimum atomic E-state index is -0.120. The van der Waals surface area contributed by atoms with E-state index >= 15 is 0 Å². The smallest absolute Gasteiger partial charge is 0.201 e. The third-order valence-electron chi connectivity index (χ3n) is 3.63. The molecule has 1 saturated heterocycles. The molecule has 0 saturated carbocycles. The summed E-state index contributed by atoms with van der Waals surface area (Å²) in [6.45, 7) is 3.58. The lowest BCUT2D eigenvalue weighted by Crippen LogP contribution is -2.31. The summed E-state index contributed by atoms with van der Waals surface area (Å²) in [5, 5.41) is 0. The van der Waals surface area contributed by atoms with Crippen molar-refractivity contribution in [3.63, 3.8) is 0 Å². The number of imidazole rings is 1. The summed E-state index contributed by atoms with van der Waals surface area (Å²) in [4.78, 5) is 4.43. The van der Waals surface area contributed by atoms with E-state index in [0.717, 1.165) is 29.8 Å². The van der Waals surface area contributed by atoms with Gasteiger partial charge in [0.1, 0.15) is 11.3 Å². The van der Waals surface area contributed by atoms with Gasteiger partial charge >= 0.3 is 0 Å². The summed E-state index contributed by atoms with van der Waals surface area (Å²) in [6, 6.07) is 5.87. The van der Waals surface area contributed by atoms with Crippen molar-refractivity contribution in [3.05, 3.63) is 18.2 Å². The molecule has 0 radical (unpaired) electrons. The van der Waals surface area contributed by atoms with Crippen LogP contribution in [-0.2, 0) is 10.3 Å². The number of para-hydroxylation sites is 1. The van der Waals surface area contributed by atoms with E-state index in [2.05, 4.69) is 16.5 Å². The van der Waals surface area contributed by atoms with Gasteiger partial charge in [0.15, 0.2) is 0 Å². The molecule has 1 unspecified atom stereocenters. The summed E-state index contributed by atoms with van der Waals surface area (Å²) in [7, 11) is 1.64. The van der Waals surface area contributed by atoms with Gasteiger partial charge in [0.25, 0.3) is 0 Å². The highest BCUT2D eigenvalue weighted by molar-refractivity contribution is 5.84. The van der Waals surface area contributed by atoms with Crippen molar-refractivity contribution in [2.75, 3.05) is 26.1 Å². The van der Waals surface area contributed by atoms with Crippen molar-refractivity contribution >= 4 is 17.0 Å². The van der Waals surface area contributed by atoms with E-state index in [-0.39, 0.29) is 5.54 Å². The number of ether oxygens (including phenoxy) is 2. The lowest BCUT2D eigenvalue weighted by atomic mass is 10.0. The Balaban J connectivity index is 2.26. The fourth-order valence-corrected chi connectivity index (χ4v) is 2.66. The Labute approximate surface area is 106 Å². The lowest BCUT2D eigenvalue weighted by Gasteiger charge is -2.25. The number of hydrogen-bond donors (Lipinski definition) is 1. The van der Waals surface area contributed by atoms with Crippen molar-refractivity contribution < 1.29 is 9.47 Å². The molecule has 1 aliphatic rings. The van der Waals surface area contributed by atoms with Crippen molar-refractivity contribution in [1.29, 1.82) is 0 Å². The second kappa shape index (κ2) is 3.88. The highest BCUT2D eigenvalue weighted by atomic mass is 16.5. The molecule has 1 aromatic carbocycles. The van der Waals surface area contributed by atoms with Gasteiger partial charge in [-0.2, -0.15) is 0 Å². The number of benzene rings is 1. The molecule has 1 fully saturated rings. The van der Waals surface area contributed by atoms with Gasteiger partial charge in [-0.3, -0.25) is 0 Å². The molecule has 0 spiro atoms. The van der Waals surface area contributed by atoms with E-state index in [1.54, 1.807) is 7.11 Å². The number of hydrogen-bond acceptors (Lipinski definition) is 4. The molecule has 2 aromatic rings. The zero-order chi connectivity index (χ0) is 12.8. The molecule has 0 amide bonds. The number of nitrogens with two attached hydrogens (primary N) is 1. The number of rotatable bonds is 2.